The lowest BCUT2D eigenvalue weighted by molar-refractivity contribution is 0.512. The number of aromatic nitrogens is 4. The molecule has 1 aromatic carbocycles. The van der Waals surface area contributed by atoms with Gasteiger partial charge in [0.15, 0.2) is 11.6 Å². The van der Waals surface area contributed by atoms with Crippen molar-refractivity contribution >= 4 is 17.0 Å². The first kappa shape index (κ1) is 11.6. The Balaban J connectivity index is 2.20. The number of imidazole rings is 1. The summed E-state index contributed by atoms with van der Waals surface area (Å²) in [5.74, 6) is -1.72. The third kappa shape index (κ3) is 1.74. The van der Waals surface area contributed by atoms with Crippen LogP contribution in [-0.4, -0.2) is 19.3 Å². The van der Waals surface area contributed by atoms with Crippen molar-refractivity contribution < 1.29 is 8.78 Å². The van der Waals surface area contributed by atoms with Gasteiger partial charge in [-0.25, -0.2) is 13.8 Å². The number of nitrogen functional groups attached to an aromatic ring is 1. The molecule has 0 saturated carbocycles. The molecule has 2 aromatic heterocycles. The predicted octanol–water partition coefficient (Wildman–Crippen LogP) is 1.68. The van der Waals surface area contributed by atoms with E-state index in [1.54, 1.807) is 24.0 Å². The molecule has 2 N–H and O–H groups in total. The summed E-state index contributed by atoms with van der Waals surface area (Å²) in [4.78, 5) is 4.03. The number of fused-ring (bicyclic) bond motifs is 1. The molecule has 0 saturated heterocycles. The van der Waals surface area contributed by atoms with Crippen molar-refractivity contribution in [2.75, 3.05) is 5.73 Å². The van der Waals surface area contributed by atoms with Crippen LogP contribution in [-0.2, 0) is 13.6 Å². The van der Waals surface area contributed by atoms with Crippen LogP contribution in [0.4, 0.5) is 14.7 Å². The Hall–Kier alpha value is -2.44. The largest absolute Gasteiger partial charge is 0.369 e. The maximum atomic E-state index is 13.9. The van der Waals surface area contributed by atoms with E-state index < -0.39 is 11.6 Å². The molecule has 0 aliphatic rings. The number of nitrogens with zero attached hydrogens (tertiary/aromatic N) is 4. The zero-order valence-corrected chi connectivity index (χ0v) is 10.1. The number of benzene rings is 1. The van der Waals surface area contributed by atoms with E-state index in [0.717, 1.165) is 11.8 Å². The Morgan fingerprint density at radius 2 is 2.05 bits per heavy atom. The highest BCUT2D eigenvalue weighted by Crippen LogP contribution is 2.23. The molecule has 7 heteroatoms. The highest BCUT2D eigenvalue weighted by Gasteiger charge is 2.16. The zero-order valence-electron chi connectivity index (χ0n) is 10.1. The second kappa shape index (κ2) is 4.04. The third-order valence-corrected chi connectivity index (χ3v) is 3.07. The molecule has 0 aliphatic heterocycles. The highest BCUT2D eigenvalue weighted by molar-refractivity contribution is 5.79. The van der Waals surface area contributed by atoms with Gasteiger partial charge in [-0.05, 0) is 18.2 Å². The van der Waals surface area contributed by atoms with E-state index in [9.17, 15) is 8.78 Å². The van der Waals surface area contributed by atoms with Crippen molar-refractivity contribution in [2.45, 2.75) is 6.54 Å². The van der Waals surface area contributed by atoms with Crippen LogP contribution < -0.4 is 5.73 Å². The van der Waals surface area contributed by atoms with Gasteiger partial charge in [0.1, 0.15) is 5.52 Å². The number of nitrogens with two attached hydrogens (primary N) is 1. The van der Waals surface area contributed by atoms with Gasteiger partial charge in [0.2, 0.25) is 5.95 Å². The van der Waals surface area contributed by atoms with E-state index >= 15 is 0 Å². The van der Waals surface area contributed by atoms with Crippen LogP contribution in [0, 0.1) is 11.6 Å². The van der Waals surface area contributed by atoms with Gasteiger partial charge >= 0.3 is 0 Å². The van der Waals surface area contributed by atoms with Crippen molar-refractivity contribution in [3.05, 3.63) is 41.7 Å². The second-order valence-corrected chi connectivity index (χ2v) is 4.23. The summed E-state index contributed by atoms with van der Waals surface area (Å²) < 4.78 is 30.3. The van der Waals surface area contributed by atoms with Gasteiger partial charge in [-0.3, -0.25) is 4.68 Å². The van der Waals surface area contributed by atoms with Crippen molar-refractivity contribution in [2.24, 2.45) is 7.05 Å². The maximum absolute atomic E-state index is 13.9. The van der Waals surface area contributed by atoms with Crippen molar-refractivity contribution in [1.82, 2.24) is 19.3 Å². The molecule has 0 unspecified atom stereocenters. The SMILES string of the molecule is Cn1nccc1Cn1c(N)nc2ccc(F)c(F)c21. The fourth-order valence-corrected chi connectivity index (χ4v) is 2.05. The van der Waals surface area contributed by atoms with Crippen LogP contribution in [0.2, 0.25) is 0 Å². The summed E-state index contributed by atoms with van der Waals surface area (Å²) in [5, 5.41) is 4.02. The first-order valence-corrected chi connectivity index (χ1v) is 5.64. The van der Waals surface area contributed by atoms with Crippen molar-refractivity contribution in [1.29, 1.82) is 0 Å². The molecule has 0 aliphatic carbocycles. The fraction of sp³-hybridized carbons (Fsp3) is 0.167. The van der Waals surface area contributed by atoms with Crippen molar-refractivity contribution in [3.63, 3.8) is 0 Å². The van der Waals surface area contributed by atoms with Crippen molar-refractivity contribution in [3.8, 4) is 0 Å². The number of rotatable bonds is 2. The molecule has 0 bridgehead atoms. The third-order valence-electron chi connectivity index (χ3n) is 3.07. The molecule has 0 radical (unpaired) electrons. The summed E-state index contributed by atoms with van der Waals surface area (Å²) in [6.45, 7) is 0.277. The summed E-state index contributed by atoms with van der Waals surface area (Å²) in [6, 6.07) is 4.23. The second-order valence-electron chi connectivity index (χ2n) is 4.23. The average Bonchev–Trinajstić information content (AvgIpc) is 2.91. The molecule has 3 aromatic rings. The van der Waals surface area contributed by atoms with Gasteiger partial charge in [-0.2, -0.15) is 5.10 Å². The zero-order chi connectivity index (χ0) is 13.6. The summed E-state index contributed by atoms with van der Waals surface area (Å²) in [6.07, 6.45) is 1.63. The molecule has 2 heterocycles. The fourth-order valence-electron chi connectivity index (χ4n) is 2.05. The Labute approximate surface area is 107 Å². The van der Waals surface area contributed by atoms with Crippen LogP contribution in [0.25, 0.3) is 11.0 Å². The van der Waals surface area contributed by atoms with Gasteiger partial charge in [0.05, 0.1) is 17.8 Å². The molecule has 0 fully saturated rings. The van der Waals surface area contributed by atoms with Gasteiger partial charge < -0.3 is 10.3 Å². The minimum Gasteiger partial charge on any atom is -0.369 e. The summed E-state index contributed by atoms with van der Waals surface area (Å²) >= 11 is 0. The lowest BCUT2D eigenvalue weighted by atomic mass is 10.3. The number of aryl methyl sites for hydroxylation is 1. The molecular weight excluding hydrogens is 252 g/mol. The van der Waals surface area contributed by atoms with Crippen LogP contribution >= 0.6 is 0 Å². The minimum atomic E-state index is -0.941. The smallest absolute Gasteiger partial charge is 0.201 e. The highest BCUT2D eigenvalue weighted by atomic mass is 19.2. The lowest BCUT2D eigenvalue weighted by Gasteiger charge is -2.07. The van der Waals surface area contributed by atoms with Gasteiger partial charge in [0.25, 0.3) is 0 Å². The average molecular weight is 263 g/mol. The summed E-state index contributed by atoms with van der Waals surface area (Å²) in [7, 11) is 1.77. The van der Waals surface area contributed by atoms with Gasteiger partial charge in [-0.1, -0.05) is 0 Å². The van der Waals surface area contributed by atoms with E-state index in [2.05, 4.69) is 10.1 Å². The molecule has 19 heavy (non-hydrogen) atoms. The molecule has 5 nitrogen and oxygen atoms in total. The van der Waals surface area contributed by atoms with Crippen LogP contribution in [0.3, 0.4) is 0 Å². The molecule has 0 amide bonds. The monoisotopic (exact) mass is 263 g/mol. The Bertz CT molecular complexity index is 759. The maximum Gasteiger partial charge on any atom is 0.201 e. The molecule has 3 rings (SSSR count). The van der Waals surface area contributed by atoms with E-state index in [0.29, 0.717) is 5.52 Å². The van der Waals surface area contributed by atoms with E-state index in [1.165, 1.54) is 10.6 Å². The number of hydrogen-bond acceptors (Lipinski definition) is 3. The number of anilines is 1. The van der Waals surface area contributed by atoms with E-state index in [1.807, 2.05) is 0 Å². The standard InChI is InChI=1S/C12H11F2N5/c1-18-7(4-5-16-18)6-19-11-9(17-12(19)15)3-2-8(13)10(11)14/h2-5H,6H2,1H3,(H2,15,17). The number of hydrogen-bond donors (Lipinski definition) is 1. The quantitative estimate of drug-likeness (QED) is 0.765. The predicted molar refractivity (Wildman–Crippen MR) is 66.4 cm³/mol. The topological polar surface area (TPSA) is 61.7 Å². The summed E-state index contributed by atoms with van der Waals surface area (Å²) in [5.41, 5.74) is 6.99. The first-order valence-electron chi connectivity index (χ1n) is 5.64. The van der Waals surface area contributed by atoms with Gasteiger partial charge in [-0.15, -0.1) is 0 Å². The number of halogens is 2. The molecule has 0 spiro atoms. The first-order chi connectivity index (χ1) is 9.08. The Kier molecular flexibility index (Phi) is 2.48. The normalized spacial score (nSPS) is 11.3. The van der Waals surface area contributed by atoms with E-state index in [-0.39, 0.29) is 18.0 Å². The van der Waals surface area contributed by atoms with E-state index in [4.69, 9.17) is 5.73 Å². The van der Waals surface area contributed by atoms with Gasteiger partial charge in [0, 0.05) is 13.2 Å². The van der Waals surface area contributed by atoms with Crippen LogP contribution in [0.1, 0.15) is 5.69 Å². The molecular formula is C12H11F2N5. The van der Waals surface area contributed by atoms with Crippen LogP contribution in [0.15, 0.2) is 24.4 Å². The Morgan fingerprint density at radius 3 is 2.74 bits per heavy atom. The Morgan fingerprint density at radius 1 is 1.26 bits per heavy atom. The van der Waals surface area contributed by atoms with Crippen LogP contribution in [0.5, 0.6) is 0 Å². The lowest BCUT2D eigenvalue weighted by Crippen LogP contribution is -2.09. The molecule has 0 atom stereocenters. The molecule has 98 valence electrons. The minimum absolute atomic E-state index is 0.0682.